The van der Waals surface area contributed by atoms with Crippen molar-refractivity contribution in [3.63, 3.8) is 0 Å². The van der Waals surface area contributed by atoms with E-state index in [1.165, 1.54) is 7.11 Å². The van der Waals surface area contributed by atoms with Gasteiger partial charge in [-0.05, 0) is 72.4 Å². The van der Waals surface area contributed by atoms with Gasteiger partial charge in [-0.3, -0.25) is 4.98 Å². The number of carbonyl (C=O) groups is 1. The first-order chi connectivity index (χ1) is 17.6. The first-order valence-corrected chi connectivity index (χ1v) is 12.0. The monoisotopic (exact) mass is 498 g/mol. The zero-order chi connectivity index (χ0) is 25.1. The van der Waals surface area contributed by atoms with E-state index < -0.39 is 0 Å². The van der Waals surface area contributed by atoms with E-state index in [4.69, 9.17) is 21.7 Å². The molecular weight excluding hydrogens is 472 g/mol. The minimum Gasteiger partial charge on any atom is -0.497 e. The molecule has 1 fully saturated rings. The van der Waals surface area contributed by atoms with Crippen LogP contribution in [0.1, 0.15) is 39.4 Å². The number of esters is 1. The second kappa shape index (κ2) is 10.2. The molecule has 2 atom stereocenters. The Balaban J connectivity index is 1.57. The summed E-state index contributed by atoms with van der Waals surface area (Å²) in [4.78, 5) is 19.0. The molecule has 182 valence electrons. The first kappa shape index (κ1) is 23.6. The zero-order valence-electron chi connectivity index (χ0n) is 20.0. The number of hydrogen-bond donors (Lipinski definition) is 1. The minimum atomic E-state index is -0.373. The fourth-order valence-corrected chi connectivity index (χ4v) is 4.90. The summed E-state index contributed by atoms with van der Waals surface area (Å²) in [5.41, 5.74) is 4.38. The molecule has 3 heterocycles. The van der Waals surface area contributed by atoms with Crippen LogP contribution in [0.5, 0.6) is 5.75 Å². The van der Waals surface area contributed by atoms with Crippen LogP contribution in [0.25, 0.3) is 5.69 Å². The van der Waals surface area contributed by atoms with E-state index in [2.05, 4.69) is 25.8 Å². The highest BCUT2D eigenvalue weighted by Crippen LogP contribution is 2.40. The van der Waals surface area contributed by atoms with Gasteiger partial charge in [0.25, 0.3) is 0 Å². The third kappa shape index (κ3) is 4.55. The Kier molecular flexibility index (Phi) is 6.69. The summed E-state index contributed by atoms with van der Waals surface area (Å²) in [6.07, 6.45) is 3.79. The molecule has 0 bridgehead atoms. The number of hydrogen-bond acceptors (Lipinski definition) is 5. The lowest BCUT2D eigenvalue weighted by Gasteiger charge is -2.29. The fraction of sp³-hybridized carbons (Fsp3) is 0.179. The van der Waals surface area contributed by atoms with Gasteiger partial charge < -0.3 is 24.3 Å². The van der Waals surface area contributed by atoms with Crippen LogP contribution < -0.4 is 10.1 Å². The number of rotatable bonds is 7. The molecule has 1 aliphatic rings. The number of nitrogens with zero attached hydrogens (tertiary/aromatic N) is 3. The summed E-state index contributed by atoms with van der Waals surface area (Å²) in [5.74, 6) is 0.435. The lowest BCUT2D eigenvalue weighted by atomic mass is 10.0. The van der Waals surface area contributed by atoms with Gasteiger partial charge in [0.1, 0.15) is 5.75 Å². The number of aromatic nitrogens is 2. The maximum atomic E-state index is 12.2. The van der Waals surface area contributed by atoms with Gasteiger partial charge in [0.05, 0.1) is 37.6 Å². The number of carbonyl (C=O) groups excluding carboxylic acids is 1. The largest absolute Gasteiger partial charge is 0.497 e. The van der Waals surface area contributed by atoms with E-state index in [-0.39, 0.29) is 18.1 Å². The van der Waals surface area contributed by atoms with Crippen molar-refractivity contribution in [3.05, 3.63) is 114 Å². The van der Waals surface area contributed by atoms with Crippen molar-refractivity contribution >= 4 is 23.3 Å². The van der Waals surface area contributed by atoms with Crippen molar-refractivity contribution in [1.29, 1.82) is 0 Å². The molecule has 0 radical (unpaired) electrons. The molecule has 36 heavy (non-hydrogen) atoms. The molecule has 0 aliphatic carbocycles. The van der Waals surface area contributed by atoms with Crippen molar-refractivity contribution in [2.24, 2.45) is 0 Å². The number of ether oxygens (including phenoxy) is 2. The van der Waals surface area contributed by atoms with E-state index in [0.717, 1.165) is 28.4 Å². The molecule has 8 heteroatoms. The molecule has 2 aromatic carbocycles. The van der Waals surface area contributed by atoms with Gasteiger partial charge in [-0.15, -0.1) is 0 Å². The Labute approximate surface area is 215 Å². The predicted octanol–water partition coefficient (Wildman–Crippen LogP) is 4.84. The number of thiocarbonyl (C=S) groups is 1. The average Bonchev–Trinajstić information content (AvgIpc) is 3.53. The molecule has 5 rings (SSSR count). The lowest BCUT2D eigenvalue weighted by molar-refractivity contribution is 0.0600. The maximum absolute atomic E-state index is 12.2. The normalized spacial score (nSPS) is 17.1. The van der Waals surface area contributed by atoms with Crippen LogP contribution in [-0.2, 0) is 11.3 Å². The van der Waals surface area contributed by atoms with Gasteiger partial charge in [-0.1, -0.05) is 24.3 Å². The van der Waals surface area contributed by atoms with E-state index in [1.807, 2.05) is 72.9 Å². The molecule has 4 aromatic rings. The second-order valence-corrected chi connectivity index (χ2v) is 8.83. The summed E-state index contributed by atoms with van der Waals surface area (Å²) in [6.45, 7) is 0.608. The maximum Gasteiger partial charge on any atom is 0.337 e. The SMILES string of the molecule is COC(=O)c1cccc(-n2cccc2[C@@H]2[C@H](c3ccccn3)NC(=S)N2Cc2ccc(OC)cc2)c1. The van der Waals surface area contributed by atoms with Crippen molar-refractivity contribution in [3.8, 4) is 11.4 Å². The Morgan fingerprint density at radius 2 is 1.86 bits per heavy atom. The van der Waals surface area contributed by atoms with Gasteiger partial charge in [0.15, 0.2) is 5.11 Å². The molecule has 2 aromatic heterocycles. The minimum absolute atomic E-state index is 0.147. The Bertz CT molecular complexity index is 1370. The third-order valence-corrected chi connectivity index (χ3v) is 6.69. The molecule has 0 amide bonds. The van der Waals surface area contributed by atoms with Crippen LogP contribution in [0, 0.1) is 0 Å². The lowest BCUT2D eigenvalue weighted by Crippen LogP contribution is -2.30. The van der Waals surface area contributed by atoms with Gasteiger partial charge in [-0.25, -0.2) is 4.79 Å². The van der Waals surface area contributed by atoms with E-state index >= 15 is 0 Å². The highest BCUT2D eigenvalue weighted by molar-refractivity contribution is 7.80. The standard InChI is InChI=1S/C28H26N4O3S/c1-34-22-13-11-19(12-14-22)18-32-26(25(30-28(32)36)23-9-3-4-15-29-23)24-10-6-16-31(24)21-8-5-7-20(17-21)27(33)35-2/h3-17,25-26H,18H2,1-2H3,(H,30,36)/t25-,26+/m0/s1. The molecule has 0 spiro atoms. The summed E-state index contributed by atoms with van der Waals surface area (Å²) in [6, 6.07) is 25.1. The molecule has 7 nitrogen and oxygen atoms in total. The van der Waals surface area contributed by atoms with Crippen LogP contribution in [0.15, 0.2) is 91.3 Å². The molecule has 0 unspecified atom stereocenters. The van der Waals surface area contributed by atoms with Gasteiger partial charge in [0.2, 0.25) is 0 Å². The van der Waals surface area contributed by atoms with Crippen LogP contribution in [0.3, 0.4) is 0 Å². The number of pyridine rings is 1. The topological polar surface area (TPSA) is 68.6 Å². The predicted molar refractivity (Wildman–Crippen MR) is 141 cm³/mol. The van der Waals surface area contributed by atoms with Crippen LogP contribution >= 0.6 is 12.2 Å². The zero-order valence-corrected chi connectivity index (χ0v) is 20.8. The molecular formula is C28H26N4O3S. The van der Waals surface area contributed by atoms with Gasteiger partial charge >= 0.3 is 5.97 Å². The van der Waals surface area contributed by atoms with Gasteiger partial charge in [0, 0.05) is 30.3 Å². The molecule has 1 N–H and O–H groups in total. The number of nitrogens with one attached hydrogen (secondary N) is 1. The van der Waals surface area contributed by atoms with Crippen LogP contribution in [-0.4, -0.2) is 39.8 Å². The van der Waals surface area contributed by atoms with Crippen molar-refractivity contribution in [2.75, 3.05) is 14.2 Å². The average molecular weight is 499 g/mol. The molecule has 1 aliphatic heterocycles. The highest BCUT2D eigenvalue weighted by atomic mass is 32.1. The third-order valence-electron chi connectivity index (χ3n) is 6.34. The fourth-order valence-electron chi connectivity index (χ4n) is 4.60. The highest BCUT2D eigenvalue weighted by Gasteiger charge is 2.41. The summed E-state index contributed by atoms with van der Waals surface area (Å²) in [5, 5.41) is 4.16. The van der Waals surface area contributed by atoms with Crippen molar-refractivity contribution in [1.82, 2.24) is 19.8 Å². The molecule has 1 saturated heterocycles. The summed E-state index contributed by atoms with van der Waals surface area (Å²) >= 11 is 5.84. The number of benzene rings is 2. The summed E-state index contributed by atoms with van der Waals surface area (Å²) in [7, 11) is 3.04. The Morgan fingerprint density at radius 3 is 2.58 bits per heavy atom. The quantitative estimate of drug-likeness (QED) is 0.289. The van der Waals surface area contributed by atoms with E-state index in [0.29, 0.717) is 17.2 Å². The second-order valence-electron chi connectivity index (χ2n) is 8.45. The number of methoxy groups -OCH3 is 2. The van der Waals surface area contributed by atoms with Crippen LogP contribution in [0.2, 0.25) is 0 Å². The Morgan fingerprint density at radius 1 is 1.03 bits per heavy atom. The van der Waals surface area contributed by atoms with Gasteiger partial charge in [-0.2, -0.15) is 0 Å². The smallest absolute Gasteiger partial charge is 0.337 e. The first-order valence-electron chi connectivity index (χ1n) is 11.6. The Hall–Kier alpha value is -4.17. The van der Waals surface area contributed by atoms with Crippen LogP contribution in [0.4, 0.5) is 0 Å². The van der Waals surface area contributed by atoms with Crippen molar-refractivity contribution in [2.45, 2.75) is 18.6 Å². The summed E-state index contributed by atoms with van der Waals surface area (Å²) < 4.78 is 12.3. The van der Waals surface area contributed by atoms with E-state index in [1.54, 1.807) is 19.4 Å². The molecule has 0 saturated carbocycles. The van der Waals surface area contributed by atoms with E-state index in [9.17, 15) is 4.79 Å². The van der Waals surface area contributed by atoms with Crippen molar-refractivity contribution < 1.29 is 14.3 Å².